The molecule has 0 saturated heterocycles. The average molecular weight is 553 g/mol. The van der Waals surface area contributed by atoms with Crippen LogP contribution >= 0.6 is 0 Å². The molecule has 0 heterocycles. The fourth-order valence-electron chi connectivity index (χ4n) is 6.27. The van der Waals surface area contributed by atoms with Crippen LogP contribution in [-0.4, -0.2) is 5.97 Å². The number of aryl methyl sites for hydroxylation is 2. The van der Waals surface area contributed by atoms with Crippen LogP contribution in [0, 0.1) is 17.8 Å². The molecule has 0 radical (unpaired) electrons. The molecule has 1 atom stereocenters. The van der Waals surface area contributed by atoms with Crippen molar-refractivity contribution in [1.29, 1.82) is 0 Å². The van der Waals surface area contributed by atoms with Crippen LogP contribution in [0.1, 0.15) is 119 Å². The van der Waals surface area contributed by atoms with E-state index in [4.69, 9.17) is 4.74 Å². The summed E-state index contributed by atoms with van der Waals surface area (Å²) in [5.41, 5.74) is 5.59. The normalized spacial score (nSPS) is 17.7. The van der Waals surface area contributed by atoms with Crippen molar-refractivity contribution in [1.82, 2.24) is 0 Å². The zero-order chi connectivity index (χ0) is 28.9. The molecule has 3 aromatic carbocycles. The van der Waals surface area contributed by atoms with Crippen molar-refractivity contribution in [2.45, 2.75) is 111 Å². The lowest BCUT2D eigenvalue weighted by atomic mass is 9.78. The zero-order valence-corrected chi connectivity index (χ0v) is 25.9. The number of hydrogen-bond acceptors (Lipinski definition) is 2. The van der Waals surface area contributed by atoms with E-state index >= 15 is 0 Å². The number of carbonyl (C=O) groups excluding carboxylic acids is 1. The van der Waals surface area contributed by atoms with Crippen LogP contribution in [-0.2, 0) is 12.8 Å². The van der Waals surface area contributed by atoms with Gasteiger partial charge < -0.3 is 4.74 Å². The van der Waals surface area contributed by atoms with Crippen molar-refractivity contribution in [2.24, 2.45) is 17.8 Å². The highest BCUT2D eigenvalue weighted by Gasteiger charge is 2.20. The van der Waals surface area contributed by atoms with E-state index in [1.807, 2.05) is 36.4 Å². The third kappa shape index (κ3) is 10.2. The van der Waals surface area contributed by atoms with Gasteiger partial charge in [0.15, 0.2) is 0 Å². The standard InChI is InChI=1S/C39H52O2/c1-4-6-7-10-31-12-14-33(15-13-31)16-17-34-20-28-38(29-21-34)41-39(40)37-26-24-36(25-27-37)35-22-18-32(19-23-35)11-8-9-30(3)5-2/h18-31,33H,4-17H2,1-3H3. The Morgan fingerprint density at radius 3 is 1.88 bits per heavy atom. The maximum absolute atomic E-state index is 12.8. The van der Waals surface area contributed by atoms with Gasteiger partial charge in [0.05, 0.1) is 5.56 Å². The number of esters is 1. The molecule has 4 rings (SSSR count). The van der Waals surface area contributed by atoms with Gasteiger partial charge >= 0.3 is 5.97 Å². The summed E-state index contributed by atoms with van der Waals surface area (Å²) in [7, 11) is 0. The second kappa shape index (κ2) is 16.5. The van der Waals surface area contributed by atoms with Crippen molar-refractivity contribution in [2.75, 3.05) is 0 Å². The predicted octanol–water partition coefficient (Wildman–Crippen LogP) is 11.3. The zero-order valence-electron chi connectivity index (χ0n) is 25.9. The van der Waals surface area contributed by atoms with Crippen LogP contribution in [0.15, 0.2) is 72.8 Å². The summed E-state index contributed by atoms with van der Waals surface area (Å²) < 4.78 is 5.69. The molecule has 0 aromatic heterocycles. The van der Waals surface area contributed by atoms with Gasteiger partial charge in [-0.3, -0.25) is 0 Å². The first kappa shape index (κ1) is 31.1. The minimum Gasteiger partial charge on any atom is -0.423 e. The van der Waals surface area contributed by atoms with Gasteiger partial charge in [-0.1, -0.05) is 134 Å². The molecule has 0 bridgehead atoms. The fourth-order valence-corrected chi connectivity index (χ4v) is 6.27. The SMILES string of the molecule is CCCCCC1CCC(CCc2ccc(OC(=O)c3ccc(-c4ccc(CCCC(C)CC)cc4)cc3)cc2)CC1. The molecule has 0 aliphatic heterocycles. The second-order valence-electron chi connectivity index (χ2n) is 12.6. The third-order valence-electron chi connectivity index (χ3n) is 9.42. The Labute approximate surface area is 249 Å². The topological polar surface area (TPSA) is 26.3 Å². The van der Waals surface area contributed by atoms with Gasteiger partial charge in [0.25, 0.3) is 0 Å². The van der Waals surface area contributed by atoms with Gasteiger partial charge in [0.2, 0.25) is 0 Å². The Bertz CT molecular complexity index is 1150. The lowest BCUT2D eigenvalue weighted by Gasteiger charge is -2.28. The first-order chi connectivity index (χ1) is 20.0. The molecule has 1 unspecified atom stereocenters. The summed E-state index contributed by atoms with van der Waals surface area (Å²) in [5, 5.41) is 0. The van der Waals surface area contributed by atoms with E-state index < -0.39 is 0 Å². The Morgan fingerprint density at radius 1 is 0.707 bits per heavy atom. The molecule has 2 heteroatoms. The molecular weight excluding hydrogens is 500 g/mol. The lowest BCUT2D eigenvalue weighted by molar-refractivity contribution is 0.0734. The molecule has 220 valence electrons. The van der Waals surface area contributed by atoms with Gasteiger partial charge in [0, 0.05) is 0 Å². The molecular formula is C39H52O2. The minimum atomic E-state index is -0.309. The molecule has 3 aromatic rings. The van der Waals surface area contributed by atoms with Crippen LogP contribution < -0.4 is 4.74 Å². The monoisotopic (exact) mass is 552 g/mol. The first-order valence-electron chi connectivity index (χ1n) is 16.5. The predicted molar refractivity (Wildman–Crippen MR) is 174 cm³/mol. The van der Waals surface area contributed by atoms with E-state index in [1.165, 1.54) is 93.7 Å². The number of rotatable bonds is 15. The summed E-state index contributed by atoms with van der Waals surface area (Å²) in [6.07, 6.45) is 18.5. The molecule has 0 spiro atoms. The Morgan fingerprint density at radius 2 is 1.27 bits per heavy atom. The van der Waals surface area contributed by atoms with Crippen molar-refractivity contribution in [3.8, 4) is 16.9 Å². The van der Waals surface area contributed by atoms with Crippen LogP contribution in [0.25, 0.3) is 11.1 Å². The molecule has 1 aliphatic rings. The van der Waals surface area contributed by atoms with E-state index in [2.05, 4.69) is 57.2 Å². The summed E-state index contributed by atoms with van der Waals surface area (Å²) in [6, 6.07) is 24.7. The fraction of sp³-hybridized carbons (Fsp3) is 0.513. The quantitative estimate of drug-likeness (QED) is 0.106. The minimum absolute atomic E-state index is 0.309. The van der Waals surface area contributed by atoms with Crippen LogP contribution in [0.3, 0.4) is 0 Å². The second-order valence-corrected chi connectivity index (χ2v) is 12.6. The van der Waals surface area contributed by atoms with E-state index in [1.54, 1.807) is 0 Å². The van der Waals surface area contributed by atoms with Gasteiger partial charge in [-0.25, -0.2) is 4.79 Å². The average Bonchev–Trinajstić information content (AvgIpc) is 3.02. The molecule has 1 saturated carbocycles. The molecule has 1 fully saturated rings. The number of unbranched alkanes of at least 4 members (excludes halogenated alkanes) is 2. The Balaban J connectivity index is 1.20. The molecule has 41 heavy (non-hydrogen) atoms. The highest BCUT2D eigenvalue weighted by atomic mass is 16.5. The van der Waals surface area contributed by atoms with Crippen molar-refractivity contribution in [3.63, 3.8) is 0 Å². The number of hydrogen-bond donors (Lipinski definition) is 0. The van der Waals surface area contributed by atoms with Gasteiger partial charge in [0.1, 0.15) is 5.75 Å². The van der Waals surface area contributed by atoms with E-state index in [9.17, 15) is 4.79 Å². The van der Waals surface area contributed by atoms with Crippen LogP contribution in [0.4, 0.5) is 0 Å². The van der Waals surface area contributed by atoms with Gasteiger partial charge in [-0.2, -0.15) is 0 Å². The number of carbonyl (C=O) groups is 1. The van der Waals surface area contributed by atoms with E-state index in [-0.39, 0.29) is 5.97 Å². The maximum Gasteiger partial charge on any atom is 0.343 e. The van der Waals surface area contributed by atoms with Crippen LogP contribution in [0.5, 0.6) is 5.75 Å². The number of ether oxygens (including phenoxy) is 1. The third-order valence-corrected chi connectivity index (χ3v) is 9.42. The number of benzene rings is 3. The first-order valence-corrected chi connectivity index (χ1v) is 16.5. The summed E-state index contributed by atoms with van der Waals surface area (Å²) in [6.45, 7) is 6.89. The Hall–Kier alpha value is -2.87. The molecule has 1 aliphatic carbocycles. The molecule has 2 nitrogen and oxygen atoms in total. The molecule has 0 amide bonds. The summed E-state index contributed by atoms with van der Waals surface area (Å²) >= 11 is 0. The van der Waals surface area contributed by atoms with Crippen molar-refractivity contribution in [3.05, 3.63) is 89.5 Å². The van der Waals surface area contributed by atoms with Gasteiger partial charge in [-0.05, 0) is 90.0 Å². The van der Waals surface area contributed by atoms with Crippen molar-refractivity contribution < 1.29 is 9.53 Å². The summed E-state index contributed by atoms with van der Waals surface area (Å²) in [5.74, 6) is 2.96. The van der Waals surface area contributed by atoms with E-state index in [0.717, 1.165) is 36.2 Å². The lowest BCUT2D eigenvalue weighted by Crippen LogP contribution is -2.15. The largest absolute Gasteiger partial charge is 0.423 e. The highest BCUT2D eigenvalue weighted by Crippen LogP contribution is 2.34. The van der Waals surface area contributed by atoms with Crippen LogP contribution in [0.2, 0.25) is 0 Å². The van der Waals surface area contributed by atoms with E-state index in [0.29, 0.717) is 11.3 Å². The van der Waals surface area contributed by atoms with Crippen molar-refractivity contribution >= 4 is 5.97 Å². The Kier molecular flexibility index (Phi) is 12.5. The molecule has 0 N–H and O–H groups in total. The maximum atomic E-state index is 12.8. The highest BCUT2D eigenvalue weighted by molar-refractivity contribution is 5.91. The smallest absolute Gasteiger partial charge is 0.343 e. The van der Waals surface area contributed by atoms with Gasteiger partial charge in [-0.15, -0.1) is 0 Å². The summed E-state index contributed by atoms with van der Waals surface area (Å²) in [4.78, 5) is 12.8.